The van der Waals surface area contributed by atoms with E-state index in [1.54, 1.807) is 12.1 Å². The highest BCUT2D eigenvalue weighted by molar-refractivity contribution is 7.88. The monoisotopic (exact) mass is 472 g/mol. The average Bonchev–Trinajstić information content (AvgIpc) is 3.31. The van der Waals surface area contributed by atoms with Gasteiger partial charge in [0.05, 0.1) is 12.8 Å². The van der Waals surface area contributed by atoms with Crippen molar-refractivity contribution in [2.24, 2.45) is 4.99 Å². The number of amides is 1. The Hall–Kier alpha value is -3.11. The highest BCUT2D eigenvalue weighted by atomic mass is 32.2. The van der Waals surface area contributed by atoms with Crippen LogP contribution in [0.15, 0.2) is 53.5 Å². The molecule has 3 N–H and O–H groups in total. The Balaban J connectivity index is 0.00000306. The van der Waals surface area contributed by atoms with Crippen LogP contribution in [-0.2, 0) is 16.6 Å². The standard InChI is InChI=1S/C22H28N6O3S.CH4/c1-32(30,31)28-14-12-27(13-15-28)20-8-4-18(5-9-20)21(29)25-16-17-2-6-19(7-3-17)26-22-23-10-11-24-22;/h2-9H,10-16H2,1H3,(H,25,29)(H2,23,24,26);1H4. The number of anilines is 2. The molecule has 1 saturated heterocycles. The number of carbonyl (C=O) groups is 1. The second-order valence-corrected chi connectivity index (χ2v) is 9.84. The summed E-state index contributed by atoms with van der Waals surface area (Å²) in [7, 11) is -3.14. The molecule has 0 atom stereocenters. The minimum Gasteiger partial charge on any atom is -0.369 e. The SMILES string of the molecule is C.CS(=O)(=O)N1CCN(c2ccc(C(=O)NCc3ccc(NC4=NCCN4)cc3)cc2)CC1. The number of hydrogen-bond donors (Lipinski definition) is 3. The molecule has 2 heterocycles. The molecule has 9 nitrogen and oxygen atoms in total. The van der Waals surface area contributed by atoms with E-state index in [4.69, 9.17) is 0 Å². The Morgan fingerprint density at radius 1 is 1.03 bits per heavy atom. The summed E-state index contributed by atoms with van der Waals surface area (Å²) in [5.74, 6) is 0.650. The van der Waals surface area contributed by atoms with E-state index < -0.39 is 10.0 Å². The number of rotatable bonds is 6. The molecule has 2 aliphatic rings. The Bertz CT molecular complexity index is 1080. The predicted octanol–water partition coefficient (Wildman–Crippen LogP) is 1.71. The molecule has 0 radical (unpaired) electrons. The molecule has 1 fully saturated rings. The second-order valence-electron chi connectivity index (χ2n) is 7.86. The minimum absolute atomic E-state index is 0. The number of nitrogens with zero attached hydrogens (tertiary/aromatic N) is 3. The Morgan fingerprint density at radius 3 is 2.27 bits per heavy atom. The van der Waals surface area contributed by atoms with Gasteiger partial charge in [-0.1, -0.05) is 19.6 Å². The number of nitrogens with one attached hydrogen (secondary N) is 3. The zero-order valence-electron chi connectivity index (χ0n) is 18.0. The maximum atomic E-state index is 12.5. The first-order valence-corrected chi connectivity index (χ1v) is 12.5. The van der Waals surface area contributed by atoms with E-state index >= 15 is 0 Å². The van der Waals surface area contributed by atoms with Gasteiger partial charge in [0.25, 0.3) is 5.91 Å². The molecule has 10 heteroatoms. The van der Waals surface area contributed by atoms with Crippen LogP contribution in [0.1, 0.15) is 23.3 Å². The van der Waals surface area contributed by atoms with E-state index in [1.807, 2.05) is 36.4 Å². The van der Waals surface area contributed by atoms with Crippen molar-refractivity contribution < 1.29 is 13.2 Å². The molecular formula is C23H32N6O3S. The highest BCUT2D eigenvalue weighted by Gasteiger charge is 2.23. The van der Waals surface area contributed by atoms with Gasteiger partial charge in [-0.15, -0.1) is 0 Å². The van der Waals surface area contributed by atoms with E-state index in [0.29, 0.717) is 38.3 Å². The summed E-state index contributed by atoms with van der Waals surface area (Å²) >= 11 is 0. The van der Waals surface area contributed by atoms with E-state index in [-0.39, 0.29) is 13.3 Å². The molecule has 1 amide bonds. The van der Waals surface area contributed by atoms with Gasteiger partial charge in [0.15, 0.2) is 5.96 Å². The van der Waals surface area contributed by atoms with E-state index in [9.17, 15) is 13.2 Å². The molecule has 0 unspecified atom stereocenters. The molecule has 2 aromatic rings. The van der Waals surface area contributed by atoms with Crippen LogP contribution in [0.4, 0.5) is 11.4 Å². The van der Waals surface area contributed by atoms with Crippen molar-refractivity contribution in [2.75, 3.05) is 55.7 Å². The quantitative estimate of drug-likeness (QED) is 0.591. The van der Waals surface area contributed by atoms with Crippen LogP contribution in [0.5, 0.6) is 0 Å². The lowest BCUT2D eigenvalue weighted by Crippen LogP contribution is -2.48. The third kappa shape index (κ3) is 6.45. The van der Waals surface area contributed by atoms with E-state index in [1.165, 1.54) is 10.6 Å². The fourth-order valence-electron chi connectivity index (χ4n) is 3.71. The fourth-order valence-corrected chi connectivity index (χ4v) is 4.54. The smallest absolute Gasteiger partial charge is 0.251 e. The van der Waals surface area contributed by atoms with Crippen LogP contribution in [0.25, 0.3) is 0 Å². The summed E-state index contributed by atoms with van der Waals surface area (Å²) in [5.41, 5.74) is 3.53. The van der Waals surface area contributed by atoms with Crippen LogP contribution in [0.2, 0.25) is 0 Å². The molecule has 2 aromatic carbocycles. The number of piperazine rings is 1. The number of aliphatic imine (C=N–C) groups is 1. The highest BCUT2D eigenvalue weighted by Crippen LogP contribution is 2.18. The third-order valence-corrected chi connectivity index (χ3v) is 6.85. The molecule has 0 aliphatic carbocycles. The van der Waals surface area contributed by atoms with Crippen LogP contribution in [0, 0.1) is 0 Å². The minimum atomic E-state index is -3.14. The maximum Gasteiger partial charge on any atom is 0.251 e. The maximum absolute atomic E-state index is 12.5. The van der Waals surface area contributed by atoms with Crippen LogP contribution in [-0.4, -0.2) is 70.1 Å². The lowest BCUT2D eigenvalue weighted by molar-refractivity contribution is 0.0951. The van der Waals surface area contributed by atoms with Gasteiger partial charge >= 0.3 is 0 Å². The molecule has 0 bridgehead atoms. The van der Waals surface area contributed by atoms with Crippen molar-refractivity contribution in [3.05, 3.63) is 59.7 Å². The number of carbonyl (C=O) groups excluding carboxylic acids is 1. The van der Waals surface area contributed by atoms with Gasteiger partial charge in [0.2, 0.25) is 10.0 Å². The van der Waals surface area contributed by atoms with Crippen LogP contribution in [0.3, 0.4) is 0 Å². The molecule has 0 spiro atoms. The summed E-state index contributed by atoms with van der Waals surface area (Å²) < 4.78 is 24.8. The molecule has 0 aromatic heterocycles. The zero-order valence-corrected chi connectivity index (χ0v) is 18.9. The lowest BCUT2D eigenvalue weighted by atomic mass is 10.1. The summed E-state index contributed by atoms with van der Waals surface area (Å²) in [6.07, 6.45) is 1.24. The summed E-state index contributed by atoms with van der Waals surface area (Å²) in [6, 6.07) is 15.3. The summed E-state index contributed by atoms with van der Waals surface area (Å²) in [6.45, 7) is 4.29. The van der Waals surface area contributed by atoms with Gasteiger partial charge in [0, 0.05) is 56.2 Å². The van der Waals surface area contributed by atoms with Crippen molar-refractivity contribution >= 4 is 33.3 Å². The summed E-state index contributed by atoms with van der Waals surface area (Å²) in [5, 5.41) is 9.33. The largest absolute Gasteiger partial charge is 0.369 e. The van der Waals surface area contributed by atoms with E-state index in [2.05, 4.69) is 25.8 Å². The molecule has 2 aliphatic heterocycles. The topological polar surface area (TPSA) is 106 Å². The number of benzene rings is 2. The van der Waals surface area contributed by atoms with Crippen molar-refractivity contribution in [3.63, 3.8) is 0 Å². The molecule has 33 heavy (non-hydrogen) atoms. The van der Waals surface area contributed by atoms with Crippen molar-refractivity contribution in [2.45, 2.75) is 14.0 Å². The first-order valence-electron chi connectivity index (χ1n) is 10.6. The van der Waals surface area contributed by atoms with E-state index in [0.717, 1.165) is 36.0 Å². The number of sulfonamides is 1. The Labute approximate surface area is 195 Å². The van der Waals surface area contributed by atoms with Gasteiger partial charge in [-0.3, -0.25) is 9.79 Å². The van der Waals surface area contributed by atoms with Crippen LogP contribution < -0.4 is 20.9 Å². The van der Waals surface area contributed by atoms with Gasteiger partial charge in [-0.25, -0.2) is 8.42 Å². The van der Waals surface area contributed by atoms with Gasteiger partial charge in [-0.2, -0.15) is 4.31 Å². The van der Waals surface area contributed by atoms with Crippen molar-refractivity contribution in [1.82, 2.24) is 14.9 Å². The van der Waals surface area contributed by atoms with Gasteiger partial charge in [0.1, 0.15) is 0 Å². The number of guanidine groups is 1. The Kier molecular flexibility index (Phi) is 7.93. The lowest BCUT2D eigenvalue weighted by Gasteiger charge is -2.34. The first-order chi connectivity index (χ1) is 15.4. The molecular weight excluding hydrogens is 440 g/mol. The average molecular weight is 473 g/mol. The normalized spacial score (nSPS) is 16.4. The molecule has 178 valence electrons. The second kappa shape index (κ2) is 10.7. The number of hydrogen-bond acceptors (Lipinski definition) is 7. The van der Waals surface area contributed by atoms with Crippen molar-refractivity contribution in [3.8, 4) is 0 Å². The molecule has 4 rings (SSSR count). The van der Waals surface area contributed by atoms with Gasteiger partial charge < -0.3 is 20.9 Å². The predicted molar refractivity (Wildman–Crippen MR) is 133 cm³/mol. The summed E-state index contributed by atoms with van der Waals surface area (Å²) in [4.78, 5) is 19.0. The third-order valence-electron chi connectivity index (χ3n) is 5.55. The molecule has 0 saturated carbocycles. The van der Waals surface area contributed by atoms with Crippen molar-refractivity contribution in [1.29, 1.82) is 0 Å². The van der Waals surface area contributed by atoms with Gasteiger partial charge in [-0.05, 0) is 42.0 Å². The first kappa shape index (κ1) is 24.5. The Morgan fingerprint density at radius 2 is 1.70 bits per heavy atom. The van der Waals surface area contributed by atoms with Crippen LogP contribution >= 0.6 is 0 Å². The zero-order chi connectivity index (χ0) is 22.6. The fraction of sp³-hybridized carbons (Fsp3) is 0.391.